The van der Waals surface area contributed by atoms with E-state index in [4.69, 9.17) is 4.74 Å². The van der Waals surface area contributed by atoms with Gasteiger partial charge in [-0.25, -0.2) is 9.69 Å². The van der Waals surface area contributed by atoms with E-state index in [-0.39, 0.29) is 0 Å². The summed E-state index contributed by atoms with van der Waals surface area (Å²) in [6.45, 7) is 8.43. The predicted octanol–water partition coefficient (Wildman–Crippen LogP) is 3.02. The number of nitrogens with zero attached hydrogens (tertiary/aromatic N) is 2. The van der Waals surface area contributed by atoms with E-state index < -0.39 is 29.4 Å². The van der Waals surface area contributed by atoms with E-state index in [2.05, 4.69) is 15.5 Å². The Morgan fingerprint density at radius 2 is 1.73 bits per heavy atom. The van der Waals surface area contributed by atoms with Crippen molar-refractivity contribution in [3.8, 4) is 0 Å². The van der Waals surface area contributed by atoms with Gasteiger partial charge in [0.25, 0.3) is 5.91 Å². The van der Waals surface area contributed by atoms with Crippen LogP contribution in [0, 0.1) is 6.92 Å². The van der Waals surface area contributed by atoms with Crippen LogP contribution in [0.1, 0.15) is 31.4 Å². The summed E-state index contributed by atoms with van der Waals surface area (Å²) in [7, 11) is 0. The van der Waals surface area contributed by atoms with E-state index in [1.165, 1.54) is 0 Å². The van der Waals surface area contributed by atoms with E-state index in [0.29, 0.717) is 30.9 Å². The number of carbonyl (C=O) groups excluding carboxylic acids is 3. The van der Waals surface area contributed by atoms with Crippen molar-refractivity contribution in [2.75, 3.05) is 36.5 Å². The molecule has 0 bridgehead atoms. The number of aryl methyl sites for hydroxylation is 1. The number of benzene rings is 2. The van der Waals surface area contributed by atoms with Crippen LogP contribution in [-0.2, 0) is 19.9 Å². The second kappa shape index (κ2) is 9.23. The smallest absolute Gasteiger partial charge is 0.326 e. The molecular formula is C25H30N4O4. The van der Waals surface area contributed by atoms with Crippen LogP contribution < -0.4 is 15.5 Å². The average molecular weight is 451 g/mol. The molecule has 4 rings (SSSR count). The molecule has 2 atom stereocenters. The number of nitrogens with one attached hydrogen (secondary N) is 2. The molecule has 0 aromatic heterocycles. The van der Waals surface area contributed by atoms with Crippen LogP contribution in [-0.4, -0.2) is 55.1 Å². The number of amides is 4. The van der Waals surface area contributed by atoms with Crippen molar-refractivity contribution in [2.24, 2.45) is 0 Å². The van der Waals surface area contributed by atoms with Gasteiger partial charge in [-0.3, -0.25) is 9.59 Å². The lowest BCUT2D eigenvalue weighted by atomic mass is 9.86. The molecule has 2 saturated heterocycles. The van der Waals surface area contributed by atoms with E-state index >= 15 is 0 Å². The normalized spacial score (nSPS) is 21.7. The van der Waals surface area contributed by atoms with E-state index in [9.17, 15) is 14.4 Å². The molecule has 4 amide bonds. The quantitative estimate of drug-likeness (QED) is 0.661. The first kappa shape index (κ1) is 22.8. The van der Waals surface area contributed by atoms with Gasteiger partial charge >= 0.3 is 6.03 Å². The van der Waals surface area contributed by atoms with Crippen LogP contribution in [0.15, 0.2) is 48.5 Å². The molecule has 2 aliphatic heterocycles. The van der Waals surface area contributed by atoms with E-state index in [1.54, 1.807) is 6.92 Å². The van der Waals surface area contributed by atoms with Crippen LogP contribution in [0.4, 0.5) is 16.2 Å². The first-order chi connectivity index (χ1) is 15.9. The Bertz CT molecular complexity index is 1030. The second-order valence-electron chi connectivity index (χ2n) is 8.54. The highest BCUT2D eigenvalue weighted by atomic mass is 16.5. The molecule has 0 saturated carbocycles. The zero-order chi connectivity index (χ0) is 23.6. The lowest BCUT2D eigenvalue weighted by Crippen LogP contribution is -2.47. The minimum atomic E-state index is -1.17. The standard InChI is InChI=1S/C25H30N4O4/c1-4-25(19-7-5-17(2)6-8-19)23(31)29(24(32)27-25)18(3)22(30)26-20-9-11-21(12-10-20)28-13-15-33-16-14-28/h5-12,18H,4,13-16H2,1-3H3,(H,26,30)(H,27,32)/t18-,25-/m1/s1. The third-order valence-electron chi connectivity index (χ3n) is 6.48. The summed E-state index contributed by atoms with van der Waals surface area (Å²) in [4.78, 5) is 42.4. The van der Waals surface area contributed by atoms with Gasteiger partial charge in [0.15, 0.2) is 0 Å². The fraction of sp³-hybridized carbons (Fsp3) is 0.400. The van der Waals surface area contributed by atoms with Crippen molar-refractivity contribution in [3.63, 3.8) is 0 Å². The molecule has 33 heavy (non-hydrogen) atoms. The van der Waals surface area contributed by atoms with Gasteiger partial charge in [0.2, 0.25) is 5.91 Å². The number of imide groups is 1. The van der Waals surface area contributed by atoms with Gasteiger partial charge in [-0.2, -0.15) is 0 Å². The second-order valence-corrected chi connectivity index (χ2v) is 8.54. The molecule has 2 aromatic rings. The average Bonchev–Trinajstić information content (AvgIpc) is 3.10. The number of hydrogen-bond donors (Lipinski definition) is 2. The van der Waals surface area contributed by atoms with Gasteiger partial charge < -0.3 is 20.3 Å². The molecule has 2 aliphatic rings. The van der Waals surface area contributed by atoms with Gasteiger partial charge in [0.05, 0.1) is 13.2 Å². The zero-order valence-corrected chi connectivity index (χ0v) is 19.3. The summed E-state index contributed by atoms with van der Waals surface area (Å²) in [6, 6.07) is 13.5. The van der Waals surface area contributed by atoms with Crippen molar-refractivity contribution in [1.29, 1.82) is 0 Å². The molecule has 8 heteroatoms. The lowest BCUT2D eigenvalue weighted by molar-refractivity contribution is -0.136. The Hall–Kier alpha value is -3.39. The molecule has 0 unspecified atom stereocenters. The van der Waals surface area contributed by atoms with Crippen LogP contribution in [0.25, 0.3) is 0 Å². The molecule has 2 N–H and O–H groups in total. The maximum atomic E-state index is 13.4. The molecule has 2 aromatic carbocycles. The van der Waals surface area contributed by atoms with Gasteiger partial charge in [-0.05, 0) is 50.1 Å². The molecule has 0 spiro atoms. The Kier molecular flexibility index (Phi) is 6.37. The highest BCUT2D eigenvalue weighted by molar-refractivity contribution is 6.11. The van der Waals surface area contributed by atoms with Crippen LogP contribution in [0.5, 0.6) is 0 Å². The summed E-state index contributed by atoms with van der Waals surface area (Å²) in [5.41, 5.74) is 2.27. The summed E-state index contributed by atoms with van der Waals surface area (Å²) < 4.78 is 5.38. The van der Waals surface area contributed by atoms with Gasteiger partial charge in [-0.1, -0.05) is 36.8 Å². The monoisotopic (exact) mass is 450 g/mol. The minimum Gasteiger partial charge on any atom is -0.378 e. The van der Waals surface area contributed by atoms with Crippen LogP contribution in [0.2, 0.25) is 0 Å². The molecule has 8 nitrogen and oxygen atoms in total. The first-order valence-corrected chi connectivity index (χ1v) is 11.3. The fourth-order valence-electron chi connectivity index (χ4n) is 4.36. The summed E-state index contributed by atoms with van der Waals surface area (Å²) >= 11 is 0. The number of urea groups is 1. The van der Waals surface area contributed by atoms with Crippen molar-refractivity contribution >= 4 is 29.2 Å². The Labute approximate surface area is 193 Å². The van der Waals surface area contributed by atoms with Crippen LogP contribution >= 0.6 is 0 Å². The highest BCUT2D eigenvalue weighted by Gasteiger charge is 2.53. The highest BCUT2D eigenvalue weighted by Crippen LogP contribution is 2.33. The molecular weight excluding hydrogens is 420 g/mol. The summed E-state index contributed by atoms with van der Waals surface area (Å²) in [5.74, 6) is -0.836. The SMILES string of the molecule is CC[C@]1(c2ccc(C)cc2)NC(=O)N([C@H](C)C(=O)Nc2ccc(N3CCOCC3)cc2)C1=O. The van der Waals surface area contributed by atoms with Crippen molar-refractivity contribution in [2.45, 2.75) is 38.8 Å². The maximum Gasteiger partial charge on any atom is 0.326 e. The molecule has 2 heterocycles. The van der Waals surface area contributed by atoms with E-state index in [1.807, 2.05) is 62.4 Å². The number of carbonyl (C=O) groups is 3. The lowest BCUT2D eigenvalue weighted by Gasteiger charge is -2.29. The maximum absolute atomic E-state index is 13.4. The first-order valence-electron chi connectivity index (χ1n) is 11.3. The largest absolute Gasteiger partial charge is 0.378 e. The summed E-state index contributed by atoms with van der Waals surface area (Å²) in [5, 5.41) is 5.66. The number of ether oxygens (including phenoxy) is 1. The molecule has 0 radical (unpaired) electrons. The predicted molar refractivity (Wildman–Crippen MR) is 126 cm³/mol. The third-order valence-corrected chi connectivity index (χ3v) is 6.48. The third kappa shape index (κ3) is 4.30. The summed E-state index contributed by atoms with van der Waals surface area (Å²) in [6.07, 6.45) is 0.383. The Morgan fingerprint density at radius 1 is 1.09 bits per heavy atom. The van der Waals surface area contributed by atoms with Gasteiger partial charge in [0.1, 0.15) is 11.6 Å². The number of hydrogen-bond acceptors (Lipinski definition) is 5. The van der Waals surface area contributed by atoms with Gasteiger partial charge in [-0.15, -0.1) is 0 Å². The van der Waals surface area contributed by atoms with Crippen molar-refractivity contribution in [3.05, 3.63) is 59.7 Å². The number of anilines is 2. The fourth-order valence-corrected chi connectivity index (χ4v) is 4.36. The van der Waals surface area contributed by atoms with Gasteiger partial charge in [0, 0.05) is 24.5 Å². The number of morpholine rings is 1. The van der Waals surface area contributed by atoms with E-state index in [0.717, 1.165) is 29.2 Å². The van der Waals surface area contributed by atoms with Crippen molar-refractivity contribution in [1.82, 2.24) is 10.2 Å². The molecule has 2 fully saturated rings. The van der Waals surface area contributed by atoms with Crippen molar-refractivity contribution < 1.29 is 19.1 Å². The molecule has 0 aliphatic carbocycles. The van der Waals surface area contributed by atoms with Crippen LogP contribution in [0.3, 0.4) is 0 Å². The Morgan fingerprint density at radius 3 is 2.33 bits per heavy atom. The minimum absolute atomic E-state index is 0.383. The topological polar surface area (TPSA) is 91.0 Å². The zero-order valence-electron chi connectivity index (χ0n) is 19.3. The molecule has 174 valence electrons. The Balaban J connectivity index is 1.47. The number of rotatable bonds is 6.